The average molecular weight is 268 g/mol. The van der Waals surface area contributed by atoms with E-state index in [4.69, 9.17) is 10.00 Å². The van der Waals surface area contributed by atoms with E-state index in [1.165, 1.54) is 0 Å². The summed E-state index contributed by atoms with van der Waals surface area (Å²) in [6, 6.07) is 12.7. The van der Waals surface area contributed by atoms with Crippen molar-refractivity contribution in [3.8, 4) is 11.8 Å². The third-order valence-electron chi connectivity index (χ3n) is 2.96. The van der Waals surface area contributed by atoms with E-state index in [1.807, 2.05) is 19.1 Å². The topological polar surface area (TPSA) is 55.0 Å². The molecule has 0 saturated heterocycles. The van der Waals surface area contributed by atoms with E-state index in [2.05, 4.69) is 6.07 Å². The van der Waals surface area contributed by atoms with Gasteiger partial charge in [-0.25, -0.2) is 0 Å². The van der Waals surface area contributed by atoms with Crippen LogP contribution >= 0.6 is 0 Å². The Labute approximate surface area is 117 Å². The third kappa shape index (κ3) is 3.48. The highest BCUT2D eigenvalue weighted by atomic mass is 16.5. The van der Waals surface area contributed by atoms with Crippen LogP contribution in [0.4, 0.5) is 0 Å². The van der Waals surface area contributed by atoms with Crippen molar-refractivity contribution >= 4 is 0 Å². The van der Waals surface area contributed by atoms with Crippen molar-refractivity contribution in [1.29, 1.82) is 5.26 Å². The van der Waals surface area contributed by atoms with Crippen molar-refractivity contribution in [2.24, 2.45) is 0 Å². The standard InChI is InChI=1S/C16H16N2O2/c1-13-7-9-18(16(19)11-13)8-4-10-20-15-6-3-2-5-14(15)12-17/h2-3,5-7,9,11H,4,8,10H2,1H3. The zero-order valence-electron chi connectivity index (χ0n) is 11.4. The number of pyridine rings is 1. The number of hydrogen-bond acceptors (Lipinski definition) is 3. The molecule has 1 aromatic carbocycles. The highest BCUT2D eigenvalue weighted by Crippen LogP contribution is 2.16. The summed E-state index contributed by atoms with van der Waals surface area (Å²) in [7, 11) is 0. The molecule has 0 aliphatic heterocycles. The maximum Gasteiger partial charge on any atom is 0.250 e. The second-order valence-corrected chi connectivity index (χ2v) is 4.55. The molecule has 2 aromatic rings. The van der Waals surface area contributed by atoms with Crippen molar-refractivity contribution in [2.45, 2.75) is 19.9 Å². The van der Waals surface area contributed by atoms with E-state index in [-0.39, 0.29) is 5.56 Å². The Bertz CT molecular complexity index is 683. The smallest absolute Gasteiger partial charge is 0.250 e. The van der Waals surface area contributed by atoms with Crippen LogP contribution in [0.3, 0.4) is 0 Å². The van der Waals surface area contributed by atoms with Crippen LogP contribution in [0.2, 0.25) is 0 Å². The largest absolute Gasteiger partial charge is 0.492 e. The molecule has 2 rings (SSSR count). The molecule has 0 atom stereocenters. The Morgan fingerprint density at radius 2 is 2.10 bits per heavy atom. The molecule has 4 heteroatoms. The van der Waals surface area contributed by atoms with Gasteiger partial charge in [-0.1, -0.05) is 12.1 Å². The molecule has 4 nitrogen and oxygen atoms in total. The van der Waals surface area contributed by atoms with E-state index in [0.29, 0.717) is 30.9 Å². The second-order valence-electron chi connectivity index (χ2n) is 4.55. The normalized spacial score (nSPS) is 10.0. The van der Waals surface area contributed by atoms with Gasteiger partial charge in [0.05, 0.1) is 12.2 Å². The van der Waals surface area contributed by atoms with Gasteiger partial charge in [0.2, 0.25) is 0 Å². The highest BCUT2D eigenvalue weighted by Gasteiger charge is 2.01. The molecule has 0 unspecified atom stereocenters. The minimum absolute atomic E-state index is 0.00225. The summed E-state index contributed by atoms with van der Waals surface area (Å²) < 4.78 is 7.23. The Morgan fingerprint density at radius 1 is 1.30 bits per heavy atom. The molecule has 0 N–H and O–H groups in total. The number of aromatic nitrogens is 1. The van der Waals surface area contributed by atoms with E-state index >= 15 is 0 Å². The first-order valence-corrected chi connectivity index (χ1v) is 6.50. The minimum atomic E-state index is 0.00225. The van der Waals surface area contributed by atoms with Gasteiger partial charge in [0.15, 0.2) is 0 Å². The fraction of sp³-hybridized carbons (Fsp3) is 0.250. The molecule has 0 radical (unpaired) electrons. The van der Waals surface area contributed by atoms with Crippen molar-refractivity contribution in [3.63, 3.8) is 0 Å². The maximum atomic E-state index is 11.7. The number of aryl methyl sites for hydroxylation is 2. The molecule has 0 fully saturated rings. The highest BCUT2D eigenvalue weighted by molar-refractivity contribution is 5.42. The lowest BCUT2D eigenvalue weighted by atomic mass is 10.2. The van der Waals surface area contributed by atoms with Crippen LogP contribution in [0.25, 0.3) is 0 Å². The molecule has 0 spiro atoms. The van der Waals surface area contributed by atoms with Gasteiger partial charge < -0.3 is 9.30 Å². The molecule has 20 heavy (non-hydrogen) atoms. The van der Waals surface area contributed by atoms with Crippen LogP contribution in [0.5, 0.6) is 5.75 Å². The summed E-state index contributed by atoms with van der Waals surface area (Å²) in [6.45, 7) is 2.97. The van der Waals surface area contributed by atoms with Crippen molar-refractivity contribution in [2.75, 3.05) is 6.61 Å². The van der Waals surface area contributed by atoms with Crippen LogP contribution in [0.1, 0.15) is 17.5 Å². The van der Waals surface area contributed by atoms with Crippen LogP contribution in [-0.4, -0.2) is 11.2 Å². The van der Waals surface area contributed by atoms with E-state index in [0.717, 1.165) is 5.56 Å². The van der Waals surface area contributed by atoms with Crippen LogP contribution < -0.4 is 10.3 Å². The van der Waals surface area contributed by atoms with Crippen LogP contribution in [-0.2, 0) is 6.54 Å². The maximum absolute atomic E-state index is 11.7. The number of nitrogens with zero attached hydrogens (tertiary/aromatic N) is 2. The lowest BCUT2D eigenvalue weighted by Gasteiger charge is -2.09. The third-order valence-corrected chi connectivity index (χ3v) is 2.96. The summed E-state index contributed by atoms with van der Waals surface area (Å²) >= 11 is 0. The monoisotopic (exact) mass is 268 g/mol. The predicted molar refractivity (Wildman–Crippen MR) is 76.7 cm³/mol. The number of rotatable bonds is 5. The van der Waals surface area contributed by atoms with Gasteiger partial charge in [0.25, 0.3) is 5.56 Å². The number of ether oxygens (including phenoxy) is 1. The zero-order chi connectivity index (χ0) is 14.4. The lowest BCUT2D eigenvalue weighted by molar-refractivity contribution is 0.300. The second kappa shape index (κ2) is 6.58. The summed E-state index contributed by atoms with van der Waals surface area (Å²) in [5, 5.41) is 8.94. The van der Waals surface area contributed by atoms with Crippen LogP contribution in [0.15, 0.2) is 47.4 Å². The summed E-state index contributed by atoms with van der Waals surface area (Å²) in [5.74, 6) is 0.589. The molecular weight excluding hydrogens is 252 g/mol. The van der Waals surface area contributed by atoms with Crippen molar-refractivity contribution in [3.05, 3.63) is 64.1 Å². The fourth-order valence-electron chi connectivity index (χ4n) is 1.89. The van der Waals surface area contributed by atoms with E-state index < -0.39 is 0 Å². The quantitative estimate of drug-likeness (QED) is 0.783. The van der Waals surface area contributed by atoms with Gasteiger partial charge in [-0.3, -0.25) is 4.79 Å². The molecular formula is C16H16N2O2. The molecule has 102 valence electrons. The summed E-state index contributed by atoms with van der Waals surface area (Å²) in [6.07, 6.45) is 2.50. The first-order chi connectivity index (χ1) is 9.70. The van der Waals surface area contributed by atoms with Gasteiger partial charge >= 0.3 is 0 Å². The van der Waals surface area contributed by atoms with E-state index in [1.54, 1.807) is 35.0 Å². The molecule has 1 aromatic heterocycles. The lowest BCUT2D eigenvalue weighted by Crippen LogP contribution is -2.19. The molecule has 1 heterocycles. The fourth-order valence-corrected chi connectivity index (χ4v) is 1.89. The predicted octanol–water partition coefficient (Wildman–Crippen LogP) is 2.50. The number of hydrogen-bond donors (Lipinski definition) is 0. The van der Waals surface area contributed by atoms with Gasteiger partial charge in [0.1, 0.15) is 11.8 Å². The van der Waals surface area contributed by atoms with Gasteiger partial charge in [0, 0.05) is 18.8 Å². The zero-order valence-corrected chi connectivity index (χ0v) is 11.4. The number of nitriles is 1. The SMILES string of the molecule is Cc1ccn(CCCOc2ccccc2C#N)c(=O)c1. The van der Waals surface area contributed by atoms with Crippen molar-refractivity contribution in [1.82, 2.24) is 4.57 Å². The Kier molecular flexibility index (Phi) is 4.56. The Balaban J connectivity index is 1.88. The van der Waals surface area contributed by atoms with Crippen LogP contribution in [0, 0.1) is 18.3 Å². The van der Waals surface area contributed by atoms with Gasteiger partial charge in [-0.15, -0.1) is 0 Å². The first-order valence-electron chi connectivity index (χ1n) is 6.50. The first kappa shape index (κ1) is 13.9. The molecule has 0 aliphatic carbocycles. The van der Waals surface area contributed by atoms with E-state index in [9.17, 15) is 4.79 Å². The summed E-state index contributed by atoms with van der Waals surface area (Å²) in [4.78, 5) is 11.7. The van der Waals surface area contributed by atoms with Gasteiger partial charge in [-0.05, 0) is 37.1 Å². The van der Waals surface area contributed by atoms with Gasteiger partial charge in [-0.2, -0.15) is 5.26 Å². The van der Waals surface area contributed by atoms with Crippen molar-refractivity contribution < 1.29 is 4.74 Å². The Morgan fingerprint density at radius 3 is 2.85 bits per heavy atom. The molecule has 0 bridgehead atoms. The Hall–Kier alpha value is -2.54. The molecule has 0 saturated carbocycles. The molecule has 0 aliphatic rings. The number of benzene rings is 1. The summed E-state index contributed by atoms with van der Waals surface area (Å²) in [5.41, 5.74) is 1.49. The minimum Gasteiger partial charge on any atom is -0.492 e. The number of para-hydroxylation sites is 1. The average Bonchev–Trinajstić information content (AvgIpc) is 2.46. The molecule has 0 amide bonds.